The van der Waals surface area contributed by atoms with Gasteiger partial charge in [0, 0.05) is 30.2 Å². The topological polar surface area (TPSA) is 70.2 Å². The number of amides is 1. The van der Waals surface area contributed by atoms with Gasteiger partial charge < -0.3 is 15.5 Å². The molecular formula is C16H21N5OS. The quantitative estimate of drug-likeness (QED) is 0.838. The van der Waals surface area contributed by atoms with Gasteiger partial charge in [-0.05, 0) is 36.4 Å². The third-order valence-corrected chi connectivity index (χ3v) is 4.77. The molecule has 0 spiro atoms. The van der Waals surface area contributed by atoms with E-state index in [1.54, 1.807) is 17.5 Å². The van der Waals surface area contributed by atoms with Crippen LogP contribution in [-0.2, 0) is 11.3 Å². The summed E-state index contributed by atoms with van der Waals surface area (Å²) in [6.45, 7) is 2.80. The lowest BCUT2D eigenvalue weighted by Gasteiger charge is -2.33. The molecule has 1 fully saturated rings. The number of rotatable bonds is 6. The van der Waals surface area contributed by atoms with Gasteiger partial charge in [-0.3, -0.25) is 4.79 Å². The lowest BCUT2D eigenvalue weighted by atomic mass is 10.1. The molecule has 2 aromatic rings. The van der Waals surface area contributed by atoms with Gasteiger partial charge in [0.05, 0.1) is 13.1 Å². The number of nitrogens with zero attached hydrogens (tertiary/aromatic N) is 3. The van der Waals surface area contributed by atoms with Crippen LogP contribution in [0.3, 0.4) is 0 Å². The number of anilines is 1. The van der Waals surface area contributed by atoms with E-state index in [2.05, 4.69) is 25.7 Å². The number of hydrogen-bond acceptors (Lipinski definition) is 6. The molecule has 0 radical (unpaired) electrons. The number of hydrogen-bond donors (Lipinski definition) is 2. The first kappa shape index (κ1) is 15.9. The van der Waals surface area contributed by atoms with Crippen LogP contribution in [-0.4, -0.2) is 41.8 Å². The molecule has 23 heavy (non-hydrogen) atoms. The lowest BCUT2D eigenvalue weighted by molar-refractivity contribution is -0.120. The lowest BCUT2D eigenvalue weighted by Crippen LogP contribution is -2.48. The van der Waals surface area contributed by atoms with Gasteiger partial charge in [0.2, 0.25) is 5.91 Å². The highest BCUT2D eigenvalue weighted by atomic mass is 32.1. The Kier molecular flexibility index (Phi) is 5.55. The summed E-state index contributed by atoms with van der Waals surface area (Å²) in [6.07, 6.45) is 3.85. The molecule has 3 heterocycles. The van der Waals surface area contributed by atoms with Crippen LogP contribution in [0.2, 0.25) is 0 Å². The minimum absolute atomic E-state index is 0.0371. The zero-order valence-electron chi connectivity index (χ0n) is 12.9. The summed E-state index contributed by atoms with van der Waals surface area (Å²) >= 11 is 1.65. The van der Waals surface area contributed by atoms with Crippen molar-refractivity contribution in [3.05, 3.63) is 40.7 Å². The standard InChI is InChI=1S/C16H21N5OS/c22-16(18-10-14-5-3-9-23-14)11-17-13-4-2-8-21(12-13)15-6-1-7-19-20-15/h1,3,5-7,9,13,17H,2,4,8,10-12H2,(H,18,22)/t13-/m1/s1. The molecule has 1 aliphatic heterocycles. The molecule has 1 saturated heterocycles. The van der Waals surface area contributed by atoms with Gasteiger partial charge >= 0.3 is 0 Å². The Hall–Kier alpha value is -1.99. The third kappa shape index (κ3) is 4.74. The van der Waals surface area contributed by atoms with Crippen molar-refractivity contribution in [2.75, 3.05) is 24.5 Å². The predicted molar refractivity (Wildman–Crippen MR) is 91.4 cm³/mol. The summed E-state index contributed by atoms with van der Waals surface area (Å²) in [5, 5.41) is 16.4. The van der Waals surface area contributed by atoms with Crippen molar-refractivity contribution in [3.8, 4) is 0 Å². The summed E-state index contributed by atoms with van der Waals surface area (Å²) in [6, 6.07) is 8.20. The van der Waals surface area contributed by atoms with Crippen molar-refractivity contribution in [2.45, 2.75) is 25.4 Å². The SMILES string of the molecule is O=C(CN[C@@H]1CCCN(c2cccnn2)C1)NCc1cccs1. The van der Waals surface area contributed by atoms with E-state index in [9.17, 15) is 4.79 Å². The fourth-order valence-electron chi connectivity index (χ4n) is 2.71. The van der Waals surface area contributed by atoms with E-state index in [1.165, 1.54) is 4.88 Å². The van der Waals surface area contributed by atoms with Crippen molar-refractivity contribution in [1.29, 1.82) is 0 Å². The molecule has 0 aromatic carbocycles. The number of aromatic nitrogens is 2. The molecule has 1 amide bonds. The smallest absolute Gasteiger partial charge is 0.234 e. The zero-order valence-corrected chi connectivity index (χ0v) is 13.8. The minimum atomic E-state index is 0.0371. The van der Waals surface area contributed by atoms with Gasteiger partial charge in [-0.25, -0.2) is 0 Å². The van der Waals surface area contributed by atoms with Crippen LogP contribution in [0.25, 0.3) is 0 Å². The molecule has 2 aromatic heterocycles. The molecule has 1 aliphatic rings. The molecule has 0 aliphatic carbocycles. The van der Waals surface area contributed by atoms with E-state index in [0.717, 1.165) is 31.7 Å². The summed E-state index contributed by atoms with van der Waals surface area (Å²) in [7, 11) is 0. The third-order valence-electron chi connectivity index (χ3n) is 3.89. The highest BCUT2D eigenvalue weighted by Gasteiger charge is 2.21. The molecule has 1 atom stereocenters. The molecular weight excluding hydrogens is 310 g/mol. The second kappa shape index (κ2) is 8.03. The van der Waals surface area contributed by atoms with E-state index in [1.807, 2.05) is 29.6 Å². The van der Waals surface area contributed by atoms with E-state index in [4.69, 9.17) is 0 Å². The number of thiophene rings is 1. The second-order valence-electron chi connectivity index (χ2n) is 5.60. The van der Waals surface area contributed by atoms with Gasteiger partial charge in [0.25, 0.3) is 0 Å². The van der Waals surface area contributed by atoms with E-state index in [-0.39, 0.29) is 5.91 Å². The highest BCUT2D eigenvalue weighted by molar-refractivity contribution is 7.09. The summed E-state index contributed by atoms with van der Waals surface area (Å²) in [4.78, 5) is 15.3. The van der Waals surface area contributed by atoms with E-state index >= 15 is 0 Å². The van der Waals surface area contributed by atoms with Crippen LogP contribution in [0.5, 0.6) is 0 Å². The van der Waals surface area contributed by atoms with Crippen molar-refractivity contribution < 1.29 is 4.79 Å². The van der Waals surface area contributed by atoms with Crippen molar-refractivity contribution in [3.63, 3.8) is 0 Å². The Morgan fingerprint density at radius 1 is 1.39 bits per heavy atom. The molecule has 122 valence electrons. The Labute approximate surface area is 139 Å². The first-order chi connectivity index (χ1) is 11.3. The number of carbonyl (C=O) groups is 1. The molecule has 0 bridgehead atoms. The Morgan fingerprint density at radius 3 is 3.13 bits per heavy atom. The van der Waals surface area contributed by atoms with Crippen LogP contribution in [0.15, 0.2) is 35.8 Å². The van der Waals surface area contributed by atoms with Crippen LogP contribution >= 0.6 is 11.3 Å². The normalized spacial score (nSPS) is 17.9. The van der Waals surface area contributed by atoms with Crippen LogP contribution in [0.4, 0.5) is 5.82 Å². The maximum absolute atomic E-state index is 11.9. The maximum Gasteiger partial charge on any atom is 0.234 e. The average molecular weight is 331 g/mol. The number of carbonyl (C=O) groups excluding carboxylic acids is 1. The zero-order chi connectivity index (χ0) is 15.9. The minimum Gasteiger partial charge on any atom is -0.354 e. The van der Waals surface area contributed by atoms with Gasteiger partial charge in [-0.2, -0.15) is 5.10 Å². The number of piperidine rings is 1. The van der Waals surface area contributed by atoms with Crippen LogP contribution < -0.4 is 15.5 Å². The van der Waals surface area contributed by atoms with Gasteiger partial charge in [-0.1, -0.05) is 6.07 Å². The van der Waals surface area contributed by atoms with Crippen LogP contribution in [0, 0.1) is 0 Å². The first-order valence-electron chi connectivity index (χ1n) is 7.86. The van der Waals surface area contributed by atoms with Gasteiger partial charge in [0.1, 0.15) is 0 Å². The maximum atomic E-state index is 11.9. The average Bonchev–Trinajstić information content (AvgIpc) is 3.13. The molecule has 7 heteroatoms. The molecule has 6 nitrogen and oxygen atoms in total. The summed E-state index contributed by atoms with van der Waals surface area (Å²) in [5.74, 6) is 0.941. The Balaban J connectivity index is 1.42. The summed E-state index contributed by atoms with van der Waals surface area (Å²) < 4.78 is 0. The first-order valence-corrected chi connectivity index (χ1v) is 8.74. The van der Waals surface area contributed by atoms with Crippen LogP contribution in [0.1, 0.15) is 17.7 Å². The van der Waals surface area contributed by atoms with E-state index < -0.39 is 0 Å². The Bertz CT molecular complexity index is 604. The highest BCUT2D eigenvalue weighted by Crippen LogP contribution is 2.16. The van der Waals surface area contributed by atoms with E-state index in [0.29, 0.717) is 19.1 Å². The van der Waals surface area contributed by atoms with Crippen molar-refractivity contribution in [1.82, 2.24) is 20.8 Å². The fourth-order valence-corrected chi connectivity index (χ4v) is 3.36. The van der Waals surface area contributed by atoms with Gasteiger partial charge in [0.15, 0.2) is 5.82 Å². The Morgan fingerprint density at radius 2 is 2.35 bits per heavy atom. The second-order valence-corrected chi connectivity index (χ2v) is 6.64. The molecule has 2 N–H and O–H groups in total. The monoisotopic (exact) mass is 331 g/mol. The largest absolute Gasteiger partial charge is 0.354 e. The molecule has 3 rings (SSSR count). The van der Waals surface area contributed by atoms with Crippen molar-refractivity contribution in [2.24, 2.45) is 0 Å². The molecule has 0 unspecified atom stereocenters. The van der Waals surface area contributed by atoms with Gasteiger partial charge in [-0.15, -0.1) is 16.4 Å². The fraction of sp³-hybridized carbons (Fsp3) is 0.438. The summed E-state index contributed by atoms with van der Waals surface area (Å²) in [5.41, 5.74) is 0. The number of nitrogens with one attached hydrogen (secondary N) is 2. The van der Waals surface area contributed by atoms with Crippen molar-refractivity contribution >= 4 is 23.1 Å². The molecule has 0 saturated carbocycles. The predicted octanol–water partition coefficient (Wildman–Crippen LogP) is 1.41.